The van der Waals surface area contributed by atoms with E-state index in [1.807, 2.05) is 30.3 Å². The summed E-state index contributed by atoms with van der Waals surface area (Å²) in [5.41, 5.74) is 1.05. The van der Waals surface area contributed by atoms with E-state index in [-0.39, 0.29) is 6.61 Å². The second kappa shape index (κ2) is 8.41. The van der Waals surface area contributed by atoms with Crippen LogP contribution in [0.15, 0.2) is 24.3 Å². The molecule has 1 unspecified atom stereocenters. The molecule has 1 aromatic rings. The Morgan fingerprint density at radius 3 is 2.94 bits per heavy atom. The van der Waals surface area contributed by atoms with Gasteiger partial charge in [0.05, 0.1) is 0 Å². The molecule has 0 fully saturated rings. The van der Waals surface area contributed by atoms with Gasteiger partial charge in [-0.15, -0.1) is 0 Å². The van der Waals surface area contributed by atoms with Crippen LogP contribution >= 0.6 is 0 Å². The summed E-state index contributed by atoms with van der Waals surface area (Å²) >= 11 is 0. The van der Waals surface area contributed by atoms with Crippen LogP contribution in [-0.4, -0.2) is 12.6 Å². The number of nitrogens with one attached hydrogen (secondary N) is 1. The second-order valence-electron chi connectivity index (χ2n) is 4.52. The van der Waals surface area contributed by atoms with Crippen LogP contribution in [0.5, 0.6) is 5.75 Å². The molecule has 0 bridgehead atoms. The number of hydrogen-bond acceptors (Lipinski definition) is 3. The molecule has 0 saturated heterocycles. The molecule has 0 aliphatic rings. The quantitative estimate of drug-likeness (QED) is 0.706. The van der Waals surface area contributed by atoms with Gasteiger partial charge in [-0.3, -0.25) is 0 Å². The zero-order valence-electron chi connectivity index (χ0n) is 11.3. The van der Waals surface area contributed by atoms with Gasteiger partial charge in [-0.25, -0.2) is 0 Å². The normalized spacial score (nSPS) is 11.6. The first-order valence-corrected chi connectivity index (χ1v) is 6.62. The number of unbranched alkanes of at least 4 members (excludes halogenated alkanes) is 2. The van der Waals surface area contributed by atoms with Gasteiger partial charge in [0.1, 0.15) is 11.8 Å². The van der Waals surface area contributed by atoms with E-state index in [9.17, 15) is 0 Å². The minimum absolute atomic E-state index is 0.0928. The number of nitriles is 1. The summed E-state index contributed by atoms with van der Waals surface area (Å²) in [5.74, 6) is 0.738. The molecule has 1 atom stereocenters. The lowest BCUT2D eigenvalue weighted by Gasteiger charge is -2.15. The number of rotatable bonds is 8. The minimum atomic E-state index is 0.0928. The maximum atomic E-state index is 8.47. The molecule has 0 radical (unpaired) electrons. The highest BCUT2D eigenvalue weighted by Crippen LogP contribution is 2.19. The molecule has 0 heterocycles. The zero-order chi connectivity index (χ0) is 13.2. The average Bonchev–Trinajstić information content (AvgIpc) is 2.37. The Bertz CT molecular complexity index is 384. The molecule has 18 heavy (non-hydrogen) atoms. The van der Waals surface area contributed by atoms with Crippen LogP contribution in [0.25, 0.3) is 0 Å². The average molecular weight is 246 g/mol. The Morgan fingerprint density at radius 1 is 1.39 bits per heavy atom. The van der Waals surface area contributed by atoms with Crippen molar-refractivity contribution in [2.24, 2.45) is 0 Å². The van der Waals surface area contributed by atoms with Crippen LogP contribution in [0.1, 0.15) is 39.5 Å². The van der Waals surface area contributed by atoms with Crippen molar-refractivity contribution in [2.45, 2.75) is 45.6 Å². The third-order valence-corrected chi connectivity index (χ3v) is 2.79. The van der Waals surface area contributed by atoms with Crippen molar-refractivity contribution >= 4 is 5.69 Å². The van der Waals surface area contributed by atoms with Gasteiger partial charge < -0.3 is 10.1 Å². The molecule has 0 aliphatic carbocycles. The van der Waals surface area contributed by atoms with Gasteiger partial charge in [0.25, 0.3) is 0 Å². The minimum Gasteiger partial charge on any atom is -0.479 e. The topological polar surface area (TPSA) is 45.0 Å². The van der Waals surface area contributed by atoms with Crippen molar-refractivity contribution < 1.29 is 4.74 Å². The second-order valence-corrected chi connectivity index (χ2v) is 4.52. The lowest BCUT2D eigenvalue weighted by Crippen LogP contribution is -2.14. The molecule has 3 nitrogen and oxygen atoms in total. The lowest BCUT2D eigenvalue weighted by atomic mass is 10.1. The molecular weight excluding hydrogens is 224 g/mol. The van der Waals surface area contributed by atoms with Gasteiger partial charge in [0.15, 0.2) is 6.61 Å². The maximum absolute atomic E-state index is 8.47. The van der Waals surface area contributed by atoms with E-state index in [0.717, 1.165) is 11.4 Å². The summed E-state index contributed by atoms with van der Waals surface area (Å²) in [7, 11) is 0. The number of hydrogen-bond donors (Lipinski definition) is 1. The van der Waals surface area contributed by atoms with Crippen molar-refractivity contribution in [1.29, 1.82) is 5.26 Å². The predicted molar refractivity (Wildman–Crippen MR) is 74.8 cm³/mol. The van der Waals surface area contributed by atoms with Crippen LogP contribution < -0.4 is 10.1 Å². The Balaban J connectivity index is 2.43. The fourth-order valence-electron chi connectivity index (χ4n) is 1.85. The molecule has 1 aromatic carbocycles. The van der Waals surface area contributed by atoms with E-state index in [1.54, 1.807) is 0 Å². The first-order valence-electron chi connectivity index (χ1n) is 6.62. The number of benzene rings is 1. The van der Waals surface area contributed by atoms with Gasteiger partial charge in [0, 0.05) is 17.8 Å². The predicted octanol–water partition coefficient (Wildman–Crippen LogP) is 3.97. The van der Waals surface area contributed by atoms with E-state index >= 15 is 0 Å². The third kappa shape index (κ3) is 5.58. The molecule has 3 heteroatoms. The van der Waals surface area contributed by atoms with Crippen molar-refractivity contribution in [3.05, 3.63) is 24.3 Å². The first kappa shape index (κ1) is 14.4. The molecule has 1 N–H and O–H groups in total. The molecule has 0 spiro atoms. The van der Waals surface area contributed by atoms with Crippen LogP contribution in [0.4, 0.5) is 5.69 Å². The van der Waals surface area contributed by atoms with Gasteiger partial charge >= 0.3 is 0 Å². The third-order valence-electron chi connectivity index (χ3n) is 2.79. The molecule has 0 amide bonds. The van der Waals surface area contributed by atoms with Crippen molar-refractivity contribution in [3.63, 3.8) is 0 Å². The van der Waals surface area contributed by atoms with Crippen LogP contribution in [0, 0.1) is 11.3 Å². The highest BCUT2D eigenvalue weighted by molar-refractivity contribution is 5.48. The first-order chi connectivity index (χ1) is 8.76. The Morgan fingerprint density at radius 2 is 2.22 bits per heavy atom. The summed E-state index contributed by atoms with van der Waals surface area (Å²) < 4.78 is 5.27. The van der Waals surface area contributed by atoms with E-state index < -0.39 is 0 Å². The highest BCUT2D eigenvalue weighted by atomic mass is 16.5. The van der Waals surface area contributed by atoms with E-state index in [4.69, 9.17) is 10.00 Å². The number of nitrogens with zero attached hydrogens (tertiary/aromatic N) is 1. The summed E-state index contributed by atoms with van der Waals surface area (Å²) in [6.07, 6.45) is 4.98. The van der Waals surface area contributed by atoms with Crippen LogP contribution in [0.3, 0.4) is 0 Å². The lowest BCUT2D eigenvalue weighted by molar-refractivity contribution is 0.368. The molecule has 0 aromatic heterocycles. The van der Waals surface area contributed by atoms with Gasteiger partial charge in [-0.1, -0.05) is 32.3 Å². The molecule has 0 aliphatic heterocycles. The van der Waals surface area contributed by atoms with Crippen molar-refractivity contribution in [1.82, 2.24) is 0 Å². The highest BCUT2D eigenvalue weighted by Gasteiger charge is 2.02. The smallest absolute Gasteiger partial charge is 0.174 e. The Hall–Kier alpha value is -1.69. The van der Waals surface area contributed by atoms with Gasteiger partial charge in [0.2, 0.25) is 0 Å². The van der Waals surface area contributed by atoms with Gasteiger partial charge in [-0.2, -0.15) is 5.26 Å². The summed E-state index contributed by atoms with van der Waals surface area (Å²) in [4.78, 5) is 0. The summed E-state index contributed by atoms with van der Waals surface area (Å²) in [6, 6.07) is 10.2. The number of anilines is 1. The van der Waals surface area contributed by atoms with Crippen molar-refractivity contribution in [3.8, 4) is 11.8 Å². The zero-order valence-corrected chi connectivity index (χ0v) is 11.3. The maximum Gasteiger partial charge on any atom is 0.174 e. The van der Waals surface area contributed by atoms with Gasteiger partial charge in [-0.05, 0) is 25.5 Å². The van der Waals surface area contributed by atoms with E-state index in [1.165, 1.54) is 25.7 Å². The fourth-order valence-corrected chi connectivity index (χ4v) is 1.85. The standard InChI is InChI=1S/C15H22N2O/c1-3-4-5-7-13(2)17-14-8-6-9-15(12-14)18-11-10-16/h6,8-9,12-13,17H,3-5,7,11H2,1-2H3. The largest absolute Gasteiger partial charge is 0.479 e. The fraction of sp³-hybridized carbons (Fsp3) is 0.533. The van der Waals surface area contributed by atoms with E-state index in [2.05, 4.69) is 19.2 Å². The molecular formula is C15H22N2O. The molecule has 0 saturated carbocycles. The summed E-state index contributed by atoms with van der Waals surface area (Å²) in [5, 5.41) is 11.9. The number of ether oxygens (including phenoxy) is 1. The Labute approximate surface area is 110 Å². The summed E-state index contributed by atoms with van der Waals surface area (Å²) in [6.45, 7) is 4.50. The monoisotopic (exact) mass is 246 g/mol. The van der Waals surface area contributed by atoms with Crippen LogP contribution in [0.2, 0.25) is 0 Å². The van der Waals surface area contributed by atoms with Crippen LogP contribution in [-0.2, 0) is 0 Å². The van der Waals surface area contributed by atoms with Crippen molar-refractivity contribution in [2.75, 3.05) is 11.9 Å². The van der Waals surface area contributed by atoms with E-state index in [0.29, 0.717) is 6.04 Å². The SMILES string of the molecule is CCCCCC(C)Nc1cccc(OCC#N)c1. The Kier molecular flexibility index (Phi) is 6.71. The molecule has 98 valence electrons. The molecule has 1 rings (SSSR count).